The molecule has 0 atom stereocenters. The summed E-state index contributed by atoms with van der Waals surface area (Å²) in [7, 11) is -2.03. The largest absolute Gasteiger partial charge is 0.465 e. The van der Waals surface area contributed by atoms with E-state index in [1.54, 1.807) is 0 Å². The number of ether oxygens (including phenoxy) is 1. The lowest BCUT2D eigenvalue weighted by Gasteiger charge is -2.01. The molecule has 0 fully saturated rings. The number of benzene rings is 1. The molecule has 4 nitrogen and oxygen atoms in total. The van der Waals surface area contributed by atoms with Crippen molar-refractivity contribution in [1.82, 2.24) is 0 Å². The summed E-state index contributed by atoms with van der Waals surface area (Å²) < 4.78 is 26.8. The molecular weight excluding hydrogens is 204 g/mol. The molecule has 0 N–H and O–H groups in total. The Labute approximate surface area is 82.4 Å². The van der Waals surface area contributed by atoms with Gasteiger partial charge in [-0.15, -0.1) is 0 Å². The van der Waals surface area contributed by atoms with Gasteiger partial charge in [0.2, 0.25) is 0 Å². The molecule has 0 aromatic heterocycles. The summed E-state index contributed by atoms with van der Waals surface area (Å²) in [5.41, 5.74) is 0.232. The third kappa shape index (κ3) is 2.32. The highest BCUT2D eigenvalue weighted by molar-refractivity contribution is 7.90. The molecule has 0 radical (unpaired) electrons. The molecule has 14 heavy (non-hydrogen) atoms. The van der Waals surface area contributed by atoms with Crippen molar-refractivity contribution in [2.45, 2.75) is 4.90 Å². The summed E-state index contributed by atoms with van der Waals surface area (Å²) in [6, 6.07) is 5.73. The maximum Gasteiger partial charge on any atom is 0.337 e. The van der Waals surface area contributed by atoms with Gasteiger partial charge >= 0.3 is 5.97 Å². The van der Waals surface area contributed by atoms with Crippen molar-refractivity contribution in [2.24, 2.45) is 0 Å². The monoisotopic (exact) mass is 214 g/mol. The summed E-state index contributed by atoms with van der Waals surface area (Å²) in [4.78, 5) is 11.2. The lowest BCUT2D eigenvalue weighted by Crippen LogP contribution is -2.04. The molecule has 0 bridgehead atoms. The minimum Gasteiger partial charge on any atom is -0.465 e. The van der Waals surface area contributed by atoms with E-state index in [1.807, 2.05) is 0 Å². The van der Waals surface area contributed by atoms with E-state index in [-0.39, 0.29) is 10.5 Å². The number of hydrogen-bond donors (Lipinski definition) is 0. The van der Waals surface area contributed by atoms with E-state index in [0.717, 1.165) is 6.26 Å². The van der Waals surface area contributed by atoms with Crippen LogP contribution in [0.5, 0.6) is 0 Å². The second kappa shape index (κ2) is 3.79. The topological polar surface area (TPSA) is 60.4 Å². The van der Waals surface area contributed by atoms with Crippen LogP contribution >= 0.6 is 0 Å². The van der Waals surface area contributed by atoms with Crippen LogP contribution in [0, 0.1) is 0 Å². The van der Waals surface area contributed by atoms with Gasteiger partial charge in [-0.05, 0) is 18.2 Å². The summed E-state index contributed by atoms with van der Waals surface area (Å²) in [6.07, 6.45) is 1.09. The van der Waals surface area contributed by atoms with Crippen molar-refractivity contribution in [3.05, 3.63) is 29.8 Å². The molecule has 0 saturated carbocycles. The van der Waals surface area contributed by atoms with E-state index < -0.39 is 15.8 Å². The Morgan fingerprint density at radius 1 is 1.36 bits per heavy atom. The Hall–Kier alpha value is -1.36. The first kappa shape index (κ1) is 10.7. The van der Waals surface area contributed by atoms with Crippen molar-refractivity contribution < 1.29 is 17.9 Å². The third-order valence-electron chi connectivity index (χ3n) is 1.68. The first-order valence-corrected chi connectivity index (χ1v) is 5.72. The maximum absolute atomic E-state index is 11.1. The summed E-state index contributed by atoms with van der Waals surface area (Å²) >= 11 is 0. The van der Waals surface area contributed by atoms with Crippen molar-refractivity contribution in [3.63, 3.8) is 0 Å². The molecular formula is C9H10O4S. The van der Waals surface area contributed by atoms with Crippen molar-refractivity contribution >= 4 is 15.8 Å². The fourth-order valence-corrected chi connectivity index (χ4v) is 1.64. The van der Waals surface area contributed by atoms with Crippen LogP contribution in [0.2, 0.25) is 0 Å². The summed E-state index contributed by atoms with van der Waals surface area (Å²) in [5.74, 6) is -0.546. The molecule has 5 heteroatoms. The normalized spacial score (nSPS) is 11.0. The highest BCUT2D eigenvalue weighted by atomic mass is 32.2. The van der Waals surface area contributed by atoms with Crippen LogP contribution in [-0.4, -0.2) is 27.8 Å². The molecule has 0 saturated heterocycles. The van der Waals surface area contributed by atoms with E-state index in [1.165, 1.54) is 31.4 Å². The minimum atomic E-state index is -3.27. The first-order chi connectivity index (χ1) is 6.45. The van der Waals surface area contributed by atoms with Gasteiger partial charge in [-0.1, -0.05) is 6.07 Å². The molecule has 0 unspecified atom stereocenters. The maximum atomic E-state index is 11.1. The minimum absolute atomic E-state index is 0.111. The number of esters is 1. The standard InChI is InChI=1S/C9H10O4S/c1-13-9(10)7-4-3-5-8(6-7)14(2,11)12/h3-6H,1-2H3. The Morgan fingerprint density at radius 2 is 2.00 bits per heavy atom. The van der Waals surface area contributed by atoms with E-state index in [4.69, 9.17) is 0 Å². The first-order valence-electron chi connectivity index (χ1n) is 3.83. The highest BCUT2D eigenvalue weighted by Crippen LogP contribution is 2.11. The average molecular weight is 214 g/mol. The molecule has 0 amide bonds. The van der Waals surface area contributed by atoms with Crippen LogP contribution in [0.15, 0.2) is 29.2 Å². The zero-order valence-electron chi connectivity index (χ0n) is 7.85. The highest BCUT2D eigenvalue weighted by Gasteiger charge is 2.11. The average Bonchev–Trinajstić information content (AvgIpc) is 2.15. The van der Waals surface area contributed by atoms with Gasteiger partial charge in [-0.2, -0.15) is 0 Å². The zero-order chi connectivity index (χ0) is 10.8. The molecule has 76 valence electrons. The molecule has 0 aliphatic carbocycles. The predicted molar refractivity (Wildman–Crippen MR) is 50.9 cm³/mol. The Morgan fingerprint density at radius 3 is 2.50 bits per heavy atom. The Bertz CT molecular complexity index is 448. The predicted octanol–water partition coefficient (Wildman–Crippen LogP) is 0.877. The van der Waals surface area contributed by atoms with Crippen LogP contribution in [0.4, 0.5) is 0 Å². The molecule has 0 aliphatic heterocycles. The van der Waals surface area contributed by atoms with Crippen LogP contribution in [0.25, 0.3) is 0 Å². The van der Waals surface area contributed by atoms with Crippen LogP contribution in [-0.2, 0) is 14.6 Å². The van der Waals surface area contributed by atoms with Crippen molar-refractivity contribution in [3.8, 4) is 0 Å². The molecule has 0 spiro atoms. The van der Waals surface area contributed by atoms with Gasteiger partial charge in [0.1, 0.15) is 0 Å². The van der Waals surface area contributed by atoms with Crippen molar-refractivity contribution in [1.29, 1.82) is 0 Å². The van der Waals surface area contributed by atoms with Crippen molar-refractivity contribution in [2.75, 3.05) is 13.4 Å². The number of carbonyl (C=O) groups is 1. The molecule has 1 rings (SSSR count). The molecule has 0 heterocycles. The van der Waals surface area contributed by atoms with Gasteiger partial charge in [0.05, 0.1) is 17.6 Å². The van der Waals surface area contributed by atoms with Gasteiger partial charge in [-0.3, -0.25) is 0 Å². The van der Waals surface area contributed by atoms with E-state index >= 15 is 0 Å². The number of methoxy groups -OCH3 is 1. The smallest absolute Gasteiger partial charge is 0.337 e. The lowest BCUT2D eigenvalue weighted by molar-refractivity contribution is 0.0600. The van der Waals surface area contributed by atoms with Gasteiger partial charge in [0.25, 0.3) is 0 Å². The summed E-state index contributed by atoms with van der Waals surface area (Å²) in [5, 5.41) is 0. The van der Waals surface area contributed by atoms with Gasteiger partial charge < -0.3 is 4.74 Å². The van der Waals surface area contributed by atoms with Crippen LogP contribution in [0.1, 0.15) is 10.4 Å². The van der Waals surface area contributed by atoms with E-state index in [0.29, 0.717) is 0 Å². The Balaban J connectivity index is 3.21. The van der Waals surface area contributed by atoms with E-state index in [9.17, 15) is 13.2 Å². The van der Waals surface area contributed by atoms with E-state index in [2.05, 4.69) is 4.74 Å². The number of sulfone groups is 1. The Kier molecular flexibility index (Phi) is 2.90. The van der Waals surface area contributed by atoms with Gasteiger partial charge in [-0.25, -0.2) is 13.2 Å². The molecule has 1 aromatic carbocycles. The quantitative estimate of drug-likeness (QED) is 0.685. The second-order valence-corrected chi connectivity index (χ2v) is 4.81. The number of carbonyl (C=O) groups excluding carboxylic acids is 1. The fraction of sp³-hybridized carbons (Fsp3) is 0.222. The van der Waals surface area contributed by atoms with Crippen LogP contribution < -0.4 is 0 Å². The zero-order valence-corrected chi connectivity index (χ0v) is 8.67. The molecule has 1 aromatic rings. The lowest BCUT2D eigenvalue weighted by atomic mass is 10.2. The summed E-state index contributed by atoms with van der Waals surface area (Å²) in [6.45, 7) is 0. The molecule has 0 aliphatic rings. The second-order valence-electron chi connectivity index (χ2n) is 2.79. The fourth-order valence-electron chi connectivity index (χ4n) is 0.972. The van der Waals surface area contributed by atoms with Gasteiger partial charge in [0, 0.05) is 6.26 Å². The number of hydrogen-bond acceptors (Lipinski definition) is 4. The van der Waals surface area contributed by atoms with Crippen LogP contribution in [0.3, 0.4) is 0 Å². The van der Waals surface area contributed by atoms with Gasteiger partial charge in [0.15, 0.2) is 9.84 Å². The SMILES string of the molecule is COC(=O)c1cccc(S(C)(=O)=O)c1. The third-order valence-corrected chi connectivity index (χ3v) is 2.79. The number of rotatable bonds is 2.